The standard InChI is InChI=1S/C12H15N3/c13-9-12(14)4-1-11(8-12)7-10-2-5-15-6-3-10/h2-3,5-6,11H,1,4,7-8,14H2. The van der Waals surface area contributed by atoms with E-state index in [1.807, 2.05) is 24.5 Å². The zero-order chi connectivity index (χ0) is 10.7. The van der Waals surface area contributed by atoms with Crippen molar-refractivity contribution in [1.29, 1.82) is 5.26 Å². The SMILES string of the molecule is N#CC1(N)CCC(Cc2ccncc2)C1. The molecule has 2 N–H and O–H groups in total. The highest BCUT2D eigenvalue weighted by Gasteiger charge is 2.35. The lowest BCUT2D eigenvalue weighted by Crippen LogP contribution is -2.34. The van der Waals surface area contributed by atoms with E-state index in [1.54, 1.807) is 0 Å². The number of hydrogen-bond donors (Lipinski definition) is 1. The summed E-state index contributed by atoms with van der Waals surface area (Å²) in [5.74, 6) is 0.553. The first kappa shape index (κ1) is 10.1. The molecule has 2 atom stereocenters. The quantitative estimate of drug-likeness (QED) is 0.791. The van der Waals surface area contributed by atoms with E-state index in [0.29, 0.717) is 5.92 Å². The molecule has 0 aliphatic heterocycles. The van der Waals surface area contributed by atoms with Gasteiger partial charge in [0.05, 0.1) is 6.07 Å². The Hall–Kier alpha value is -1.40. The molecule has 1 aromatic heterocycles. The third-order valence-electron chi connectivity index (χ3n) is 3.15. The monoisotopic (exact) mass is 201 g/mol. The minimum absolute atomic E-state index is 0.553. The van der Waals surface area contributed by atoms with Crippen LogP contribution in [-0.2, 0) is 6.42 Å². The van der Waals surface area contributed by atoms with E-state index < -0.39 is 5.54 Å². The second-order valence-corrected chi connectivity index (χ2v) is 4.44. The molecular formula is C12H15N3. The van der Waals surface area contributed by atoms with E-state index in [-0.39, 0.29) is 0 Å². The van der Waals surface area contributed by atoms with Gasteiger partial charge in [-0.15, -0.1) is 0 Å². The molecule has 15 heavy (non-hydrogen) atoms. The number of nitrogens with zero attached hydrogens (tertiary/aromatic N) is 2. The summed E-state index contributed by atoms with van der Waals surface area (Å²) in [6.45, 7) is 0. The van der Waals surface area contributed by atoms with Gasteiger partial charge >= 0.3 is 0 Å². The van der Waals surface area contributed by atoms with Crippen LogP contribution in [0.3, 0.4) is 0 Å². The Balaban J connectivity index is 1.97. The van der Waals surface area contributed by atoms with Crippen LogP contribution in [0.5, 0.6) is 0 Å². The van der Waals surface area contributed by atoms with E-state index in [9.17, 15) is 0 Å². The van der Waals surface area contributed by atoms with Gasteiger partial charge in [-0.05, 0) is 49.3 Å². The van der Waals surface area contributed by atoms with Crippen LogP contribution in [0, 0.1) is 17.2 Å². The van der Waals surface area contributed by atoms with Crippen molar-refractivity contribution < 1.29 is 0 Å². The van der Waals surface area contributed by atoms with Gasteiger partial charge < -0.3 is 5.73 Å². The molecule has 2 rings (SSSR count). The van der Waals surface area contributed by atoms with Crippen LogP contribution in [0.4, 0.5) is 0 Å². The lowest BCUT2D eigenvalue weighted by molar-refractivity contribution is 0.496. The van der Waals surface area contributed by atoms with E-state index in [0.717, 1.165) is 25.7 Å². The predicted octanol–water partition coefficient (Wildman–Crippen LogP) is 1.65. The van der Waals surface area contributed by atoms with Crippen LogP contribution in [0.15, 0.2) is 24.5 Å². The van der Waals surface area contributed by atoms with Gasteiger partial charge in [-0.1, -0.05) is 0 Å². The Bertz CT molecular complexity index is 368. The average Bonchev–Trinajstić information content (AvgIpc) is 2.63. The zero-order valence-corrected chi connectivity index (χ0v) is 8.69. The molecule has 0 spiro atoms. The summed E-state index contributed by atoms with van der Waals surface area (Å²) in [4.78, 5) is 3.99. The lowest BCUT2D eigenvalue weighted by atomic mass is 9.95. The van der Waals surface area contributed by atoms with Gasteiger partial charge in [-0.2, -0.15) is 5.26 Å². The fraction of sp³-hybridized carbons (Fsp3) is 0.500. The maximum atomic E-state index is 8.92. The molecule has 1 aromatic rings. The minimum Gasteiger partial charge on any atom is -0.313 e. The molecule has 1 heterocycles. The first-order valence-corrected chi connectivity index (χ1v) is 5.31. The smallest absolute Gasteiger partial charge is 0.104 e. The van der Waals surface area contributed by atoms with Gasteiger partial charge in [0.15, 0.2) is 0 Å². The van der Waals surface area contributed by atoms with Crippen LogP contribution >= 0.6 is 0 Å². The maximum Gasteiger partial charge on any atom is 0.104 e. The topological polar surface area (TPSA) is 62.7 Å². The Morgan fingerprint density at radius 3 is 2.87 bits per heavy atom. The van der Waals surface area contributed by atoms with Crippen molar-refractivity contribution in [3.05, 3.63) is 30.1 Å². The molecule has 0 radical (unpaired) electrons. The number of rotatable bonds is 2. The second kappa shape index (κ2) is 4.00. The van der Waals surface area contributed by atoms with Crippen molar-refractivity contribution in [3.8, 4) is 6.07 Å². The largest absolute Gasteiger partial charge is 0.313 e. The van der Waals surface area contributed by atoms with Crippen LogP contribution in [0.25, 0.3) is 0 Å². The molecule has 78 valence electrons. The molecule has 0 amide bonds. The molecule has 1 aliphatic carbocycles. The van der Waals surface area contributed by atoms with Crippen LogP contribution < -0.4 is 5.73 Å². The summed E-state index contributed by atoms with van der Waals surface area (Å²) in [6.07, 6.45) is 7.36. The lowest BCUT2D eigenvalue weighted by Gasteiger charge is -2.14. The Morgan fingerprint density at radius 2 is 2.27 bits per heavy atom. The summed E-state index contributed by atoms with van der Waals surface area (Å²) in [7, 11) is 0. The number of aromatic nitrogens is 1. The van der Waals surface area contributed by atoms with E-state index in [2.05, 4.69) is 11.1 Å². The van der Waals surface area contributed by atoms with Crippen LogP contribution in [0.2, 0.25) is 0 Å². The third kappa shape index (κ3) is 2.34. The number of nitrogens with two attached hydrogens (primary N) is 1. The highest BCUT2D eigenvalue weighted by atomic mass is 14.8. The minimum atomic E-state index is -0.572. The van der Waals surface area contributed by atoms with Gasteiger partial charge in [0.2, 0.25) is 0 Å². The van der Waals surface area contributed by atoms with Gasteiger partial charge in [-0.25, -0.2) is 0 Å². The van der Waals surface area contributed by atoms with Crippen LogP contribution in [-0.4, -0.2) is 10.5 Å². The molecule has 0 aromatic carbocycles. The first-order chi connectivity index (χ1) is 7.22. The molecule has 1 aliphatic rings. The first-order valence-electron chi connectivity index (χ1n) is 5.31. The molecule has 0 saturated heterocycles. The summed E-state index contributed by atoms with van der Waals surface area (Å²) < 4.78 is 0. The highest BCUT2D eigenvalue weighted by molar-refractivity contribution is 5.15. The molecule has 0 bridgehead atoms. The van der Waals surface area contributed by atoms with Gasteiger partial charge in [0, 0.05) is 12.4 Å². The summed E-state index contributed by atoms with van der Waals surface area (Å²) in [5, 5.41) is 8.92. The molecule has 1 saturated carbocycles. The summed E-state index contributed by atoms with van der Waals surface area (Å²) in [6, 6.07) is 6.28. The van der Waals surface area contributed by atoms with Crippen molar-refractivity contribution in [2.75, 3.05) is 0 Å². The van der Waals surface area contributed by atoms with E-state index in [1.165, 1.54) is 5.56 Å². The summed E-state index contributed by atoms with van der Waals surface area (Å²) in [5.41, 5.74) is 6.65. The number of hydrogen-bond acceptors (Lipinski definition) is 3. The second-order valence-electron chi connectivity index (χ2n) is 4.44. The normalized spacial score (nSPS) is 30.0. The van der Waals surface area contributed by atoms with Crippen molar-refractivity contribution >= 4 is 0 Å². The molecule has 2 unspecified atom stereocenters. The zero-order valence-electron chi connectivity index (χ0n) is 8.69. The van der Waals surface area contributed by atoms with Crippen molar-refractivity contribution in [2.45, 2.75) is 31.2 Å². The van der Waals surface area contributed by atoms with Crippen molar-refractivity contribution in [3.63, 3.8) is 0 Å². The fourth-order valence-corrected chi connectivity index (χ4v) is 2.31. The van der Waals surface area contributed by atoms with E-state index >= 15 is 0 Å². The van der Waals surface area contributed by atoms with Gasteiger partial charge in [-0.3, -0.25) is 4.98 Å². The molecular weight excluding hydrogens is 186 g/mol. The van der Waals surface area contributed by atoms with Crippen molar-refractivity contribution in [2.24, 2.45) is 11.7 Å². The maximum absolute atomic E-state index is 8.92. The molecule has 3 heteroatoms. The third-order valence-corrected chi connectivity index (χ3v) is 3.15. The Labute approximate surface area is 89.9 Å². The summed E-state index contributed by atoms with van der Waals surface area (Å²) >= 11 is 0. The predicted molar refractivity (Wildman–Crippen MR) is 57.8 cm³/mol. The Morgan fingerprint density at radius 1 is 1.53 bits per heavy atom. The van der Waals surface area contributed by atoms with Crippen LogP contribution in [0.1, 0.15) is 24.8 Å². The van der Waals surface area contributed by atoms with E-state index in [4.69, 9.17) is 11.0 Å². The highest BCUT2D eigenvalue weighted by Crippen LogP contribution is 2.34. The van der Waals surface area contributed by atoms with Gasteiger partial charge in [0.25, 0.3) is 0 Å². The molecule has 3 nitrogen and oxygen atoms in total. The average molecular weight is 201 g/mol. The van der Waals surface area contributed by atoms with Crippen molar-refractivity contribution in [1.82, 2.24) is 4.98 Å². The molecule has 1 fully saturated rings. The Kier molecular flexibility index (Phi) is 2.70. The number of pyridine rings is 1. The van der Waals surface area contributed by atoms with Gasteiger partial charge in [0.1, 0.15) is 5.54 Å². The number of nitriles is 1. The fourth-order valence-electron chi connectivity index (χ4n) is 2.31.